The Labute approximate surface area is 157 Å². The number of aromatic nitrogens is 1. The predicted molar refractivity (Wildman–Crippen MR) is 100.0 cm³/mol. The van der Waals surface area contributed by atoms with Gasteiger partial charge in [-0.25, -0.2) is 21.6 Å². The first-order chi connectivity index (χ1) is 12.7. The first-order valence-electron chi connectivity index (χ1n) is 7.77. The van der Waals surface area contributed by atoms with Gasteiger partial charge in [0.2, 0.25) is 0 Å². The molecule has 0 aliphatic carbocycles. The third kappa shape index (κ3) is 4.26. The van der Waals surface area contributed by atoms with Gasteiger partial charge in [0.25, 0.3) is 15.9 Å². The molecule has 1 N–H and O–H groups in total. The molecule has 0 unspecified atom stereocenters. The summed E-state index contributed by atoms with van der Waals surface area (Å²) in [6.45, 7) is 0. The highest BCUT2D eigenvalue weighted by Gasteiger charge is 2.20. The summed E-state index contributed by atoms with van der Waals surface area (Å²) >= 11 is 0. The fraction of sp³-hybridized carbons (Fsp3) is 0.0556. The van der Waals surface area contributed by atoms with Gasteiger partial charge in [-0.1, -0.05) is 6.07 Å². The van der Waals surface area contributed by atoms with Crippen LogP contribution in [0, 0.1) is 0 Å². The fourth-order valence-electron chi connectivity index (χ4n) is 2.42. The summed E-state index contributed by atoms with van der Waals surface area (Å²) in [4.78, 5) is 12.2. The number of rotatable bonds is 5. The van der Waals surface area contributed by atoms with Gasteiger partial charge in [0, 0.05) is 29.9 Å². The van der Waals surface area contributed by atoms with Crippen LogP contribution in [0.4, 0.5) is 0 Å². The normalized spacial score (nSPS) is 11.9. The van der Waals surface area contributed by atoms with E-state index in [1.807, 2.05) is 16.9 Å². The van der Waals surface area contributed by atoms with Crippen LogP contribution in [-0.4, -0.2) is 33.6 Å². The summed E-state index contributed by atoms with van der Waals surface area (Å²) < 4.78 is 51.5. The number of benzene rings is 2. The van der Waals surface area contributed by atoms with Crippen LogP contribution in [0.25, 0.3) is 5.69 Å². The zero-order valence-corrected chi connectivity index (χ0v) is 15.9. The Bertz CT molecular complexity index is 1180. The average Bonchev–Trinajstić information content (AvgIpc) is 3.15. The molecular weight excluding hydrogens is 388 g/mol. The number of nitrogens with one attached hydrogen (secondary N) is 1. The molecule has 1 aromatic heterocycles. The topological polar surface area (TPSA) is 102 Å². The summed E-state index contributed by atoms with van der Waals surface area (Å²) in [5.74, 6) is -0.781. The third-order valence-electron chi connectivity index (χ3n) is 3.80. The van der Waals surface area contributed by atoms with Gasteiger partial charge in [0.05, 0.1) is 9.79 Å². The van der Waals surface area contributed by atoms with Crippen molar-refractivity contribution in [1.29, 1.82) is 0 Å². The van der Waals surface area contributed by atoms with Crippen molar-refractivity contribution in [1.82, 2.24) is 9.29 Å². The van der Waals surface area contributed by atoms with Crippen LogP contribution in [0.15, 0.2) is 82.8 Å². The maximum atomic E-state index is 12.4. The molecular formula is C18H16N2O5S2. The highest BCUT2D eigenvalue weighted by atomic mass is 32.2. The van der Waals surface area contributed by atoms with Gasteiger partial charge < -0.3 is 4.57 Å². The molecule has 0 bridgehead atoms. The van der Waals surface area contributed by atoms with E-state index in [4.69, 9.17) is 0 Å². The van der Waals surface area contributed by atoms with Gasteiger partial charge in [-0.05, 0) is 54.6 Å². The molecule has 140 valence electrons. The third-order valence-corrected chi connectivity index (χ3v) is 6.28. The minimum Gasteiger partial charge on any atom is -0.324 e. The monoisotopic (exact) mass is 404 g/mol. The molecule has 2 aromatic carbocycles. The molecule has 0 aliphatic rings. The lowest BCUT2D eigenvalue weighted by atomic mass is 10.2. The molecule has 0 saturated heterocycles. The second-order valence-electron chi connectivity index (χ2n) is 5.82. The molecule has 1 heterocycles. The number of carbonyl (C=O) groups excluding carboxylic acids is 1. The van der Waals surface area contributed by atoms with Crippen LogP contribution in [0.2, 0.25) is 0 Å². The van der Waals surface area contributed by atoms with Gasteiger partial charge in [-0.15, -0.1) is 0 Å². The van der Waals surface area contributed by atoms with Crippen molar-refractivity contribution in [3.8, 4) is 5.69 Å². The lowest BCUT2D eigenvalue weighted by molar-refractivity contribution is 0.0981. The van der Waals surface area contributed by atoms with Crippen LogP contribution in [0.3, 0.4) is 0 Å². The van der Waals surface area contributed by atoms with Crippen LogP contribution >= 0.6 is 0 Å². The van der Waals surface area contributed by atoms with E-state index >= 15 is 0 Å². The van der Waals surface area contributed by atoms with Crippen molar-refractivity contribution in [2.45, 2.75) is 9.79 Å². The molecule has 0 atom stereocenters. The van der Waals surface area contributed by atoms with Crippen molar-refractivity contribution in [2.75, 3.05) is 6.26 Å². The molecule has 0 radical (unpaired) electrons. The zero-order valence-electron chi connectivity index (χ0n) is 14.2. The van der Waals surface area contributed by atoms with Gasteiger partial charge in [-0.2, -0.15) is 0 Å². The summed E-state index contributed by atoms with van der Waals surface area (Å²) in [6, 6.07) is 14.8. The second-order valence-corrected chi connectivity index (χ2v) is 9.52. The van der Waals surface area contributed by atoms with E-state index < -0.39 is 25.8 Å². The quantitative estimate of drug-likeness (QED) is 0.701. The molecule has 0 spiro atoms. The second kappa shape index (κ2) is 7.01. The molecule has 27 heavy (non-hydrogen) atoms. The smallest absolute Gasteiger partial charge is 0.265 e. The molecule has 3 rings (SSSR count). The number of hydrogen-bond donors (Lipinski definition) is 1. The molecule has 1 amide bonds. The molecule has 0 aliphatic heterocycles. The highest BCUT2D eigenvalue weighted by molar-refractivity contribution is 7.91. The van der Waals surface area contributed by atoms with Crippen molar-refractivity contribution in [2.24, 2.45) is 0 Å². The maximum Gasteiger partial charge on any atom is 0.265 e. The lowest BCUT2D eigenvalue weighted by Gasteiger charge is -2.09. The molecule has 7 nitrogen and oxygen atoms in total. The van der Waals surface area contributed by atoms with Crippen molar-refractivity contribution < 1.29 is 21.6 Å². The number of sulfone groups is 1. The first kappa shape index (κ1) is 18.9. The number of sulfonamides is 1. The Balaban J connectivity index is 1.84. The van der Waals surface area contributed by atoms with Crippen molar-refractivity contribution >= 4 is 25.8 Å². The highest BCUT2D eigenvalue weighted by Crippen LogP contribution is 2.16. The number of carbonyl (C=O) groups is 1. The number of amides is 1. The van der Waals surface area contributed by atoms with E-state index in [1.165, 1.54) is 18.2 Å². The fourth-order valence-corrected chi connectivity index (χ4v) is 4.02. The summed E-state index contributed by atoms with van der Waals surface area (Å²) in [6.07, 6.45) is 4.63. The van der Waals surface area contributed by atoms with Crippen molar-refractivity contribution in [3.05, 3.63) is 78.6 Å². The molecule has 0 fully saturated rings. The zero-order chi connectivity index (χ0) is 19.7. The molecule has 3 aromatic rings. The Morgan fingerprint density at radius 3 is 2.04 bits per heavy atom. The van der Waals surface area contributed by atoms with Gasteiger partial charge >= 0.3 is 0 Å². The Morgan fingerprint density at radius 2 is 1.44 bits per heavy atom. The van der Waals surface area contributed by atoms with Crippen LogP contribution in [0.5, 0.6) is 0 Å². The Hall–Kier alpha value is -2.91. The SMILES string of the molecule is CS(=O)(=O)c1ccc(S(=O)(=O)NC(=O)c2cccc(-n3cccc3)c2)cc1. The Kier molecular flexibility index (Phi) is 4.90. The number of hydrogen-bond acceptors (Lipinski definition) is 5. The van der Waals surface area contributed by atoms with Crippen LogP contribution < -0.4 is 4.72 Å². The minimum absolute atomic E-state index is 0.00722. The molecule has 9 heteroatoms. The maximum absolute atomic E-state index is 12.4. The van der Waals surface area contributed by atoms with Gasteiger partial charge in [0.1, 0.15) is 0 Å². The van der Waals surface area contributed by atoms with Crippen molar-refractivity contribution in [3.63, 3.8) is 0 Å². The Morgan fingerprint density at radius 1 is 0.852 bits per heavy atom. The van der Waals surface area contributed by atoms with Gasteiger partial charge in [-0.3, -0.25) is 4.79 Å². The largest absolute Gasteiger partial charge is 0.324 e. The van der Waals surface area contributed by atoms with Gasteiger partial charge in [0.15, 0.2) is 9.84 Å². The predicted octanol–water partition coefficient (Wildman–Crippen LogP) is 2.00. The van der Waals surface area contributed by atoms with E-state index in [-0.39, 0.29) is 15.4 Å². The summed E-state index contributed by atoms with van der Waals surface area (Å²) in [5.41, 5.74) is 0.889. The summed E-state index contributed by atoms with van der Waals surface area (Å²) in [5, 5.41) is 0. The van der Waals surface area contributed by atoms with E-state index in [9.17, 15) is 21.6 Å². The standard InChI is InChI=1S/C18H16N2O5S2/c1-26(22,23)16-7-9-17(10-8-16)27(24,25)19-18(21)14-5-4-6-15(13-14)20-11-2-3-12-20/h2-13H,1H3,(H,19,21). The van der Waals surface area contributed by atoms with E-state index in [0.29, 0.717) is 5.69 Å². The van der Waals surface area contributed by atoms with E-state index in [0.717, 1.165) is 18.4 Å². The lowest BCUT2D eigenvalue weighted by Crippen LogP contribution is -2.30. The number of nitrogens with zero attached hydrogens (tertiary/aromatic N) is 1. The summed E-state index contributed by atoms with van der Waals surface area (Å²) in [7, 11) is -7.58. The average molecular weight is 404 g/mol. The van der Waals surface area contributed by atoms with E-state index in [1.54, 1.807) is 35.2 Å². The van der Waals surface area contributed by atoms with E-state index in [2.05, 4.69) is 0 Å². The minimum atomic E-state index is -4.14. The van der Waals surface area contributed by atoms with Crippen LogP contribution in [0.1, 0.15) is 10.4 Å². The first-order valence-corrected chi connectivity index (χ1v) is 11.1. The molecule has 0 saturated carbocycles. The van der Waals surface area contributed by atoms with Crippen LogP contribution in [-0.2, 0) is 19.9 Å².